The number of benzene rings is 1. The van der Waals surface area contributed by atoms with Crippen molar-refractivity contribution in [3.05, 3.63) is 47.0 Å². The van der Waals surface area contributed by atoms with Gasteiger partial charge in [0, 0.05) is 24.0 Å². The van der Waals surface area contributed by atoms with Crippen molar-refractivity contribution in [1.29, 1.82) is 0 Å². The molecule has 8 heteroatoms. The van der Waals surface area contributed by atoms with Crippen molar-refractivity contribution in [2.45, 2.75) is 20.4 Å². The number of carbonyl (C=O) groups is 1. The van der Waals surface area contributed by atoms with Gasteiger partial charge in [0.25, 0.3) is 11.7 Å². The summed E-state index contributed by atoms with van der Waals surface area (Å²) < 4.78 is 12.0. The molecule has 1 amide bonds. The van der Waals surface area contributed by atoms with Crippen LogP contribution in [0, 0.1) is 13.8 Å². The first kappa shape index (κ1) is 16.7. The number of hydrogen-bond acceptors (Lipinski definition) is 6. The average Bonchev–Trinajstić information content (AvgIpc) is 3.03. The summed E-state index contributed by atoms with van der Waals surface area (Å²) in [5, 5.41) is 7.01. The summed E-state index contributed by atoms with van der Waals surface area (Å²) >= 11 is 0. The van der Waals surface area contributed by atoms with Gasteiger partial charge in [0.2, 0.25) is 5.82 Å². The van der Waals surface area contributed by atoms with Gasteiger partial charge in [-0.1, -0.05) is 0 Å². The maximum absolute atomic E-state index is 12.4. The number of carbonyl (C=O) groups excluding carboxylic acids is 1. The summed E-state index contributed by atoms with van der Waals surface area (Å²) in [6.07, 6.45) is 0. The van der Waals surface area contributed by atoms with Crippen LogP contribution in [0.2, 0.25) is 0 Å². The van der Waals surface area contributed by atoms with Crippen LogP contribution in [0.3, 0.4) is 0 Å². The van der Waals surface area contributed by atoms with E-state index in [1.165, 1.54) is 0 Å². The first-order chi connectivity index (χ1) is 12.0. The Labute approximate surface area is 144 Å². The van der Waals surface area contributed by atoms with Crippen LogP contribution in [0.4, 0.5) is 0 Å². The van der Waals surface area contributed by atoms with Gasteiger partial charge in [-0.05, 0) is 37.6 Å². The Balaban J connectivity index is 1.78. The third-order valence-electron chi connectivity index (χ3n) is 3.69. The SMILES string of the molecule is COc1cc(CNC(=O)c2nc3nc(C)cc(C)n3n2)cc(OC)c1. The highest BCUT2D eigenvalue weighted by Crippen LogP contribution is 2.22. The minimum Gasteiger partial charge on any atom is -0.497 e. The molecule has 0 radical (unpaired) electrons. The van der Waals surface area contributed by atoms with Gasteiger partial charge in [-0.25, -0.2) is 9.50 Å². The average molecular weight is 341 g/mol. The van der Waals surface area contributed by atoms with Gasteiger partial charge in [0.15, 0.2) is 0 Å². The number of aromatic nitrogens is 4. The standard InChI is InChI=1S/C17H19N5O3/c1-10-5-11(2)22-17(19-10)20-15(21-22)16(23)18-9-12-6-13(24-3)8-14(7-12)25-4/h5-8H,9H2,1-4H3,(H,18,23). The van der Waals surface area contributed by atoms with Gasteiger partial charge in [0.1, 0.15) is 11.5 Å². The fraction of sp³-hybridized carbons (Fsp3) is 0.294. The number of amides is 1. The van der Waals surface area contributed by atoms with Crippen LogP contribution < -0.4 is 14.8 Å². The van der Waals surface area contributed by atoms with E-state index in [0.717, 1.165) is 17.0 Å². The van der Waals surface area contributed by atoms with E-state index in [9.17, 15) is 4.79 Å². The molecular formula is C17H19N5O3. The van der Waals surface area contributed by atoms with Gasteiger partial charge >= 0.3 is 0 Å². The summed E-state index contributed by atoms with van der Waals surface area (Å²) in [4.78, 5) is 20.8. The molecule has 8 nitrogen and oxygen atoms in total. The second-order valence-electron chi connectivity index (χ2n) is 5.59. The Hall–Kier alpha value is -3.16. The lowest BCUT2D eigenvalue weighted by molar-refractivity contribution is 0.0940. The normalized spacial score (nSPS) is 10.7. The first-order valence-electron chi connectivity index (χ1n) is 7.71. The number of aryl methyl sites for hydroxylation is 2. The predicted molar refractivity (Wildman–Crippen MR) is 91.0 cm³/mol. The lowest BCUT2D eigenvalue weighted by atomic mass is 10.2. The van der Waals surface area contributed by atoms with E-state index in [4.69, 9.17) is 9.47 Å². The van der Waals surface area contributed by atoms with E-state index in [1.54, 1.807) is 24.8 Å². The zero-order valence-corrected chi connectivity index (χ0v) is 14.5. The van der Waals surface area contributed by atoms with Gasteiger partial charge in [-0.15, -0.1) is 5.10 Å². The summed E-state index contributed by atoms with van der Waals surface area (Å²) in [6.45, 7) is 4.06. The molecule has 1 N–H and O–H groups in total. The van der Waals surface area contributed by atoms with Crippen LogP contribution in [0.25, 0.3) is 5.78 Å². The molecule has 3 aromatic rings. The van der Waals surface area contributed by atoms with Crippen LogP contribution in [0.15, 0.2) is 24.3 Å². The minimum absolute atomic E-state index is 0.0797. The molecule has 0 fully saturated rings. The molecule has 0 aliphatic carbocycles. The third kappa shape index (κ3) is 3.52. The van der Waals surface area contributed by atoms with Crippen LogP contribution >= 0.6 is 0 Å². The smallest absolute Gasteiger partial charge is 0.291 e. The van der Waals surface area contributed by atoms with Gasteiger partial charge < -0.3 is 14.8 Å². The van der Waals surface area contributed by atoms with Crippen molar-refractivity contribution in [2.75, 3.05) is 14.2 Å². The van der Waals surface area contributed by atoms with Gasteiger partial charge in [-0.3, -0.25) is 4.79 Å². The molecular weight excluding hydrogens is 322 g/mol. The molecule has 0 saturated carbocycles. The summed E-state index contributed by atoms with van der Waals surface area (Å²) in [5.41, 5.74) is 2.54. The molecule has 2 aromatic heterocycles. The maximum atomic E-state index is 12.4. The summed E-state index contributed by atoms with van der Waals surface area (Å²) in [6, 6.07) is 7.31. The number of nitrogens with zero attached hydrogens (tertiary/aromatic N) is 4. The number of rotatable bonds is 5. The summed E-state index contributed by atoms with van der Waals surface area (Å²) in [7, 11) is 3.16. The molecule has 3 rings (SSSR count). The maximum Gasteiger partial charge on any atom is 0.291 e. The molecule has 0 saturated heterocycles. The lowest BCUT2D eigenvalue weighted by Crippen LogP contribution is -2.24. The Morgan fingerprint density at radius 2 is 1.76 bits per heavy atom. The van der Waals surface area contributed by atoms with E-state index in [1.807, 2.05) is 32.0 Å². The van der Waals surface area contributed by atoms with E-state index in [0.29, 0.717) is 23.8 Å². The molecule has 0 atom stereocenters. The molecule has 25 heavy (non-hydrogen) atoms. The number of ether oxygens (including phenoxy) is 2. The summed E-state index contributed by atoms with van der Waals surface area (Å²) in [5.74, 6) is 1.43. The van der Waals surface area contributed by atoms with Crippen molar-refractivity contribution in [1.82, 2.24) is 24.9 Å². The van der Waals surface area contributed by atoms with E-state index in [2.05, 4.69) is 20.4 Å². The van der Waals surface area contributed by atoms with Crippen LogP contribution in [-0.2, 0) is 6.54 Å². The van der Waals surface area contributed by atoms with Crippen molar-refractivity contribution in [3.8, 4) is 11.5 Å². The molecule has 130 valence electrons. The Morgan fingerprint density at radius 1 is 1.08 bits per heavy atom. The zero-order chi connectivity index (χ0) is 18.0. The quantitative estimate of drug-likeness (QED) is 0.759. The highest BCUT2D eigenvalue weighted by molar-refractivity contribution is 5.90. The first-order valence-corrected chi connectivity index (χ1v) is 7.71. The molecule has 0 spiro atoms. The number of fused-ring (bicyclic) bond motifs is 1. The predicted octanol–water partition coefficient (Wildman–Crippen LogP) is 1.69. The van der Waals surface area contributed by atoms with Gasteiger partial charge in [0.05, 0.1) is 14.2 Å². The zero-order valence-electron chi connectivity index (χ0n) is 14.5. The highest BCUT2D eigenvalue weighted by atomic mass is 16.5. The lowest BCUT2D eigenvalue weighted by Gasteiger charge is -2.08. The van der Waals surface area contributed by atoms with E-state index >= 15 is 0 Å². The van der Waals surface area contributed by atoms with Crippen LogP contribution in [-0.4, -0.2) is 39.7 Å². The molecule has 0 unspecified atom stereocenters. The number of methoxy groups -OCH3 is 2. The molecule has 1 aromatic carbocycles. The fourth-order valence-corrected chi connectivity index (χ4v) is 2.49. The molecule has 2 heterocycles. The van der Waals surface area contributed by atoms with E-state index in [-0.39, 0.29) is 11.7 Å². The topological polar surface area (TPSA) is 90.6 Å². The molecule has 0 bridgehead atoms. The second kappa shape index (κ2) is 6.76. The highest BCUT2D eigenvalue weighted by Gasteiger charge is 2.15. The minimum atomic E-state index is -0.371. The number of nitrogens with one attached hydrogen (secondary N) is 1. The van der Waals surface area contributed by atoms with Crippen molar-refractivity contribution >= 4 is 11.7 Å². The Bertz CT molecular complexity index is 913. The van der Waals surface area contributed by atoms with Crippen molar-refractivity contribution in [2.24, 2.45) is 0 Å². The third-order valence-corrected chi connectivity index (χ3v) is 3.69. The van der Waals surface area contributed by atoms with Crippen LogP contribution in [0.5, 0.6) is 11.5 Å². The Kier molecular flexibility index (Phi) is 4.51. The van der Waals surface area contributed by atoms with Crippen molar-refractivity contribution in [3.63, 3.8) is 0 Å². The second-order valence-corrected chi connectivity index (χ2v) is 5.59. The van der Waals surface area contributed by atoms with Gasteiger partial charge in [-0.2, -0.15) is 4.98 Å². The fourth-order valence-electron chi connectivity index (χ4n) is 2.49. The number of hydrogen-bond donors (Lipinski definition) is 1. The molecule has 0 aliphatic rings. The molecule has 0 aliphatic heterocycles. The van der Waals surface area contributed by atoms with Crippen LogP contribution in [0.1, 0.15) is 27.6 Å². The largest absolute Gasteiger partial charge is 0.497 e. The van der Waals surface area contributed by atoms with E-state index < -0.39 is 0 Å². The monoisotopic (exact) mass is 341 g/mol. The Morgan fingerprint density at radius 3 is 2.40 bits per heavy atom. The van der Waals surface area contributed by atoms with Crippen molar-refractivity contribution < 1.29 is 14.3 Å².